The van der Waals surface area contributed by atoms with Crippen molar-refractivity contribution in [1.29, 1.82) is 0 Å². The average Bonchev–Trinajstić information content (AvgIpc) is 2.90. The predicted molar refractivity (Wildman–Crippen MR) is 78.5 cm³/mol. The molecule has 1 aromatic carbocycles. The van der Waals surface area contributed by atoms with E-state index in [1.54, 1.807) is 6.08 Å². The minimum Gasteiger partial charge on any atom is -0.378 e. The molecule has 3 heteroatoms. The molecule has 0 saturated heterocycles. The molecule has 0 saturated carbocycles. The molecule has 2 nitrogen and oxygen atoms in total. The minimum absolute atomic E-state index is 0.0571. The molecule has 0 N–H and O–H groups in total. The van der Waals surface area contributed by atoms with Gasteiger partial charge in [0.05, 0.1) is 4.88 Å². The first-order chi connectivity index (χ1) is 8.66. The van der Waals surface area contributed by atoms with Gasteiger partial charge in [-0.2, -0.15) is 0 Å². The Labute approximate surface area is 111 Å². The summed E-state index contributed by atoms with van der Waals surface area (Å²) in [6.45, 7) is 0. The van der Waals surface area contributed by atoms with E-state index in [0.29, 0.717) is 0 Å². The zero-order valence-electron chi connectivity index (χ0n) is 10.5. The van der Waals surface area contributed by atoms with Crippen LogP contribution in [0, 0.1) is 0 Å². The molecule has 18 heavy (non-hydrogen) atoms. The van der Waals surface area contributed by atoms with E-state index in [0.717, 1.165) is 16.1 Å². The van der Waals surface area contributed by atoms with Gasteiger partial charge in [-0.25, -0.2) is 0 Å². The standard InChI is InChI=1S/C15H15NOS/c1-16(2)13-8-5-12(6-9-13)7-10-14(17)15-4-3-11-18-15/h3-11H,1-2H3/b10-7+. The van der Waals surface area contributed by atoms with Crippen LogP contribution in [0.4, 0.5) is 5.69 Å². The SMILES string of the molecule is CN(C)c1ccc(/C=C/C(=O)c2cccs2)cc1. The van der Waals surface area contributed by atoms with Crippen LogP contribution in [-0.4, -0.2) is 19.9 Å². The van der Waals surface area contributed by atoms with Crippen molar-refractivity contribution in [2.75, 3.05) is 19.0 Å². The van der Waals surface area contributed by atoms with Gasteiger partial charge in [-0.05, 0) is 35.2 Å². The van der Waals surface area contributed by atoms with Gasteiger partial charge >= 0.3 is 0 Å². The Balaban J connectivity index is 2.07. The van der Waals surface area contributed by atoms with Gasteiger partial charge in [-0.3, -0.25) is 4.79 Å². The fraction of sp³-hybridized carbons (Fsp3) is 0.133. The molecule has 0 amide bonds. The first-order valence-corrected chi connectivity index (χ1v) is 6.58. The minimum atomic E-state index is 0.0571. The van der Waals surface area contributed by atoms with Crippen LogP contribution in [0.1, 0.15) is 15.2 Å². The smallest absolute Gasteiger partial charge is 0.195 e. The fourth-order valence-corrected chi connectivity index (χ4v) is 2.20. The van der Waals surface area contributed by atoms with Crippen molar-refractivity contribution in [3.63, 3.8) is 0 Å². The normalized spacial score (nSPS) is 10.8. The van der Waals surface area contributed by atoms with E-state index in [2.05, 4.69) is 0 Å². The molecule has 0 spiro atoms. The average molecular weight is 257 g/mol. The Morgan fingerprint density at radius 2 is 1.89 bits per heavy atom. The van der Waals surface area contributed by atoms with Gasteiger partial charge in [0.2, 0.25) is 0 Å². The van der Waals surface area contributed by atoms with Crippen molar-refractivity contribution in [1.82, 2.24) is 0 Å². The summed E-state index contributed by atoms with van der Waals surface area (Å²) in [6, 6.07) is 11.8. The molecule has 1 heterocycles. The third-order valence-corrected chi connectivity index (χ3v) is 3.49. The van der Waals surface area contributed by atoms with Crippen molar-refractivity contribution >= 4 is 28.9 Å². The molecule has 0 radical (unpaired) electrons. The molecule has 0 unspecified atom stereocenters. The highest BCUT2D eigenvalue weighted by atomic mass is 32.1. The number of hydrogen-bond donors (Lipinski definition) is 0. The maximum atomic E-state index is 11.8. The lowest BCUT2D eigenvalue weighted by Crippen LogP contribution is -2.07. The van der Waals surface area contributed by atoms with Crippen molar-refractivity contribution in [3.05, 3.63) is 58.3 Å². The highest BCUT2D eigenvalue weighted by Gasteiger charge is 2.01. The molecule has 2 rings (SSSR count). The van der Waals surface area contributed by atoms with Crippen molar-refractivity contribution in [2.24, 2.45) is 0 Å². The molecule has 0 bridgehead atoms. The van der Waals surface area contributed by atoms with Crippen LogP contribution in [0.2, 0.25) is 0 Å². The van der Waals surface area contributed by atoms with Crippen LogP contribution in [0.15, 0.2) is 47.9 Å². The van der Waals surface area contributed by atoms with Crippen LogP contribution in [0.5, 0.6) is 0 Å². The van der Waals surface area contributed by atoms with E-state index in [1.165, 1.54) is 11.3 Å². The Kier molecular flexibility index (Phi) is 3.95. The lowest BCUT2D eigenvalue weighted by atomic mass is 10.1. The Morgan fingerprint density at radius 3 is 2.44 bits per heavy atom. The lowest BCUT2D eigenvalue weighted by molar-refractivity contribution is 0.105. The number of anilines is 1. The Bertz CT molecular complexity index is 538. The summed E-state index contributed by atoms with van der Waals surface area (Å²) >= 11 is 1.47. The maximum absolute atomic E-state index is 11.8. The zero-order chi connectivity index (χ0) is 13.0. The van der Waals surface area contributed by atoms with Crippen LogP contribution in [0.25, 0.3) is 6.08 Å². The van der Waals surface area contributed by atoms with Crippen molar-refractivity contribution in [2.45, 2.75) is 0 Å². The first kappa shape index (κ1) is 12.6. The van der Waals surface area contributed by atoms with Crippen molar-refractivity contribution in [3.8, 4) is 0 Å². The summed E-state index contributed by atoms with van der Waals surface area (Å²) in [7, 11) is 4.01. The topological polar surface area (TPSA) is 20.3 Å². The molecule has 0 aliphatic rings. The monoisotopic (exact) mass is 257 g/mol. The van der Waals surface area contributed by atoms with Gasteiger partial charge in [0.1, 0.15) is 0 Å². The number of rotatable bonds is 4. The summed E-state index contributed by atoms with van der Waals surface area (Å²) in [5.41, 5.74) is 2.18. The molecule has 2 aromatic rings. The van der Waals surface area contributed by atoms with Gasteiger partial charge in [-0.1, -0.05) is 24.3 Å². The number of benzene rings is 1. The van der Waals surface area contributed by atoms with Crippen molar-refractivity contribution < 1.29 is 4.79 Å². The predicted octanol–water partition coefficient (Wildman–Crippen LogP) is 3.71. The highest BCUT2D eigenvalue weighted by Crippen LogP contribution is 2.14. The van der Waals surface area contributed by atoms with E-state index in [-0.39, 0.29) is 5.78 Å². The number of thiophene rings is 1. The second kappa shape index (κ2) is 5.65. The summed E-state index contributed by atoms with van der Waals surface area (Å²) in [5.74, 6) is 0.0571. The Hall–Kier alpha value is -1.87. The van der Waals surface area contributed by atoms with Gasteiger partial charge in [0, 0.05) is 19.8 Å². The number of carbonyl (C=O) groups excluding carboxylic acids is 1. The van der Waals surface area contributed by atoms with Crippen LogP contribution in [-0.2, 0) is 0 Å². The first-order valence-electron chi connectivity index (χ1n) is 5.70. The summed E-state index contributed by atoms with van der Waals surface area (Å²) in [6.07, 6.45) is 3.47. The van der Waals surface area contributed by atoms with Gasteiger partial charge in [0.15, 0.2) is 5.78 Å². The number of allylic oxidation sites excluding steroid dienone is 1. The van der Waals surface area contributed by atoms with Gasteiger partial charge < -0.3 is 4.90 Å². The summed E-state index contributed by atoms with van der Waals surface area (Å²) in [4.78, 5) is 14.6. The van der Waals surface area contributed by atoms with E-state index < -0.39 is 0 Å². The van der Waals surface area contributed by atoms with E-state index in [9.17, 15) is 4.79 Å². The molecule has 1 aromatic heterocycles. The number of ketones is 1. The number of nitrogens with zero attached hydrogens (tertiary/aromatic N) is 1. The molecular formula is C15H15NOS. The molecule has 92 valence electrons. The van der Waals surface area contributed by atoms with Crippen LogP contribution < -0.4 is 4.90 Å². The van der Waals surface area contributed by atoms with Gasteiger partial charge in [-0.15, -0.1) is 11.3 Å². The third kappa shape index (κ3) is 3.08. The van der Waals surface area contributed by atoms with Crippen LogP contribution in [0.3, 0.4) is 0 Å². The van der Waals surface area contributed by atoms with E-state index in [4.69, 9.17) is 0 Å². The Morgan fingerprint density at radius 1 is 1.17 bits per heavy atom. The third-order valence-electron chi connectivity index (χ3n) is 2.60. The zero-order valence-corrected chi connectivity index (χ0v) is 11.3. The second-order valence-corrected chi connectivity index (χ2v) is 5.11. The highest BCUT2D eigenvalue weighted by molar-refractivity contribution is 7.12. The largest absolute Gasteiger partial charge is 0.378 e. The molecule has 0 atom stereocenters. The number of hydrogen-bond acceptors (Lipinski definition) is 3. The molecular weight excluding hydrogens is 242 g/mol. The van der Waals surface area contributed by atoms with Gasteiger partial charge in [0.25, 0.3) is 0 Å². The number of carbonyl (C=O) groups is 1. The van der Waals surface area contributed by atoms with E-state index in [1.807, 2.05) is 66.8 Å². The molecule has 0 aliphatic carbocycles. The lowest BCUT2D eigenvalue weighted by Gasteiger charge is -2.11. The summed E-state index contributed by atoms with van der Waals surface area (Å²) < 4.78 is 0. The maximum Gasteiger partial charge on any atom is 0.195 e. The summed E-state index contributed by atoms with van der Waals surface area (Å²) in [5, 5.41) is 1.91. The van der Waals surface area contributed by atoms with E-state index >= 15 is 0 Å². The molecule has 0 aliphatic heterocycles. The quantitative estimate of drug-likeness (QED) is 0.614. The fourth-order valence-electron chi connectivity index (χ4n) is 1.56. The molecule has 0 fully saturated rings. The second-order valence-electron chi connectivity index (χ2n) is 4.16. The van der Waals surface area contributed by atoms with Crippen LogP contribution >= 0.6 is 11.3 Å².